The zero-order valence-corrected chi connectivity index (χ0v) is 13.7. The molecule has 0 aliphatic carbocycles. The molecule has 116 valence electrons. The van der Waals surface area contributed by atoms with Gasteiger partial charge in [-0.15, -0.1) is 0 Å². The second-order valence-corrected chi connectivity index (χ2v) is 6.42. The molecule has 0 unspecified atom stereocenters. The van der Waals surface area contributed by atoms with Crippen molar-refractivity contribution in [3.63, 3.8) is 0 Å². The first-order valence-corrected chi connectivity index (χ1v) is 7.36. The SMILES string of the molecule is Bc1ccc(-c2cnc([C@H](C)NC(=O)OC(C)(C)C)[nH]2)cc1. The summed E-state index contributed by atoms with van der Waals surface area (Å²) in [7, 11) is 2.05. The van der Waals surface area contributed by atoms with Crippen molar-refractivity contribution in [2.24, 2.45) is 0 Å². The average molecular weight is 299 g/mol. The Balaban J connectivity index is 2.04. The Morgan fingerprint density at radius 1 is 1.32 bits per heavy atom. The highest BCUT2D eigenvalue weighted by molar-refractivity contribution is 6.32. The highest BCUT2D eigenvalue weighted by atomic mass is 16.6. The fourth-order valence-electron chi connectivity index (χ4n) is 1.99. The number of benzene rings is 1. The third-order valence-corrected chi connectivity index (χ3v) is 3.10. The topological polar surface area (TPSA) is 67.0 Å². The molecule has 0 radical (unpaired) electrons. The normalized spacial score (nSPS) is 12.7. The van der Waals surface area contributed by atoms with E-state index in [0.29, 0.717) is 5.82 Å². The minimum atomic E-state index is -0.514. The summed E-state index contributed by atoms with van der Waals surface area (Å²) in [6.07, 6.45) is 1.32. The van der Waals surface area contributed by atoms with Gasteiger partial charge in [0.05, 0.1) is 17.9 Å². The molecule has 0 aliphatic heterocycles. The van der Waals surface area contributed by atoms with Crippen molar-refractivity contribution in [3.05, 3.63) is 36.3 Å². The second kappa shape index (κ2) is 6.26. The molecule has 0 saturated carbocycles. The van der Waals surface area contributed by atoms with E-state index in [1.54, 1.807) is 6.20 Å². The number of hydrogen-bond acceptors (Lipinski definition) is 3. The Kier molecular flexibility index (Phi) is 4.59. The highest BCUT2D eigenvalue weighted by Gasteiger charge is 2.19. The minimum Gasteiger partial charge on any atom is -0.444 e. The summed E-state index contributed by atoms with van der Waals surface area (Å²) in [6, 6.07) is 7.93. The third-order valence-electron chi connectivity index (χ3n) is 3.10. The number of rotatable bonds is 3. The van der Waals surface area contributed by atoms with E-state index in [0.717, 1.165) is 11.3 Å². The molecule has 0 spiro atoms. The quantitative estimate of drug-likeness (QED) is 0.851. The van der Waals surface area contributed by atoms with E-state index < -0.39 is 11.7 Å². The molecule has 1 heterocycles. The molecular weight excluding hydrogens is 277 g/mol. The van der Waals surface area contributed by atoms with Gasteiger partial charge in [-0.1, -0.05) is 29.7 Å². The van der Waals surface area contributed by atoms with Crippen LogP contribution in [0.3, 0.4) is 0 Å². The number of ether oxygens (including phenoxy) is 1. The van der Waals surface area contributed by atoms with Crippen LogP contribution in [0.2, 0.25) is 0 Å². The smallest absolute Gasteiger partial charge is 0.408 e. The number of nitrogens with zero attached hydrogens (tertiary/aromatic N) is 1. The molecule has 2 aromatic rings. The van der Waals surface area contributed by atoms with E-state index in [1.165, 1.54) is 5.46 Å². The fraction of sp³-hybridized carbons (Fsp3) is 0.375. The molecule has 0 aliphatic rings. The van der Waals surface area contributed by atoms with Crippen molar-refractivity contribution >= 4 is 19.4 Å². The third kappa shape index (κ3) is 4.38. The largest absolute Gasteiger partial charge is 0.444 e. The standard InChI is InChI=1S/C16H22BN3O2/c1-10(19-15(21)22-16(2,3)4)14-18-9-13(20-14)11-5-7-12(17)8-6-11/h5-10H,17H2,1-4H3,(H,18,20)(H,19,21)/t10-/m0/s1. The maximum Gasteiger partial charge on any atom is 0.408 e. The first-order valence-electron chi connectivity index (χ1n) is 7.36. The number of imidazole rings is 1. The number of nitrogens with one attached hydrogen (secondary N) is 2. The lowest BCUT2D eigenvalue weighted by Gasteiger charge is -2.21. The molecule has 1 aromatic carbocycles. The summed E-state index contributed by atoms with van der Waals surface area (Å²) in [5.74, 6) is 0.696. The number of aromatic nitrogens is 2. The monoisotopic (exact) mass is 299 g/mol. The van der Waals surface area contributed by atoms with Crippen LogP contribution < -0.4 is 10.8 Å². The zero-order chi connectivity index (χ0) is 16.3. The molecule has 2 rings (SSSR count). The Labute approximate surface area is 131 Å². The molecular formula is C16H22BN3O2. The Morgan fingerprint density at radius 3 is 2.55 bits per heavy atom. The van der Waals surface area contributed by atoms with Gasteiger partial charge in [-0.25, -0.2) is 9.78 Å². The van der Waals surface area contributed by atoms with Crippen LogP contribution in [0, 0.1) is 0 Å². The van der Waals surface area contributed by atoms with Gasteiger partial charge in [-0.05, 0) is 33.3 Å². The number of alkyl carbamates (subject to hydrolysis) is 1. The summed E-state index contributed by atoms with van der Waals surface area (Å²) in [5, 5.41) is 2.77. The van der Waals surface area contributed by atoms with Crippen molar-refractivity contribution in [2.75, 3.05) is 0 Å². The lowest BCUT2D eigenvalue weighted by molar-refractivity contribution is 0.0506. The molecule has 1 atom stereocenters. The number of hydrogen-bond donors (Lipinski definition) is 2. The summed E-state index contributed by atoms with van der Waals surface area (Å²) >= 11 is 0. The Hall–Kier alpha value is -2.24. The lowest BCUT2D eigenvalue weighted by atomic mass is 9.95. The van der Waals surface area contributed by atoms with Gasteiger partial charge in [0.15, 0.2) is 0 Å². The molecule has 1 amide bonds. The van der Waals surface area contributed by atoms with E-state index >= 15 is 0 Å². The van der Waals surface area contributed by atoms with Crippen molar-refractivity contribution in [3.8, 4) is 11.3 Å². The van der Waals surface area contributed by atoms with Gasteiger partial charge in [0, 0.05) is 0 Å². The number of aromatic amines is 1. The average Bonchev–Trinajstić information content (AvgIpc) is 2.86. The summed E-state index contributed by atoms with van der Waals surface area (Å²) < 4.78 is 5.24. The molecule has 1 aromatic heterocycles. The van der Waals surface area contributed by atoms with Gasteiger partial charge in [-0.3, -0.25) is 0 Å². The van der Waals surface area contributed by atoms with Gasteiger partial charge in [0.25, 0.3) is 0 Å². The van der Waals surface area contributed by atoms with E-state index in [4.69, 9.17) is 4.74 Å². The van der Waals surface area contributed by atoms with Crippen LogP contribution in [0.25, 0.3) is 11.3 Å². The predicted octanol–water partition coefficient (Wildman–Crippen LogP) is 1.92. The van der Waals surface area contributed by atoms with E-state index in [9.17, 15) is 4.79 Å². The van der Waals surface area contributed by atoms with E-state index in [-0.39, 0.29) is 6.04 Å². The molecule has 0 saturated heterocycles. The highest BCUT2D eigenvalue weighted by Crippen LogP contribution is 2.18. The van der Waals surface area contributed by atoms with Crippen molar-refractivity contribution in [2.45, 2.75) is 39.3 Å². The van der Waals surface area contributed by atoms with E-state index in [1.807, 2.05) is 39.8 Å². The van der Waals surface area contributed by atoms with Crippen molar-refractivity contribution in [1.29, 1.82) is 0 Å². The van der Waals surface area contributed by atoms with Crippen LogP contribution in [-0.2, 0) is 4.74 Å². The van der Waals surface area contributed by atoms with Crippen LogP contribution in [0.1, 0.15) is 39.6 Å². The number of carbonyl (C=O) groups excluding carboxylic acids is 1. The summed E-state index contributed by atoms with van der Waals surface area (Å²) in [5.41, 5.74) is 2.69. The maximum atomic E-state index is 11.8. The maximum absolute atomic E-state index is 11.8. The van der Waals surface area contributed by atoms with Gasteiger partial charge >= 0.3 is 6.09 Å². The first kappa shape index (κ1) is 16.1. The zero-order valence-electron chi connectivity index (χ0n) is 13.7. The summed E-state index contributed by atoms with van der Waals surface area (Å²) in [6.45, 7) is 7.36. The molecule has 2 N–H and O–H groups in total. The molecule has 22 heavy (non-hydrogen) atoms. The van der Waals surface area contributed by atoms with Crippen molar-refractivity contribution in [1.82, 2.24) is 15.3 Å². The van der Waals surface area contributed by atoms with Gasteiger partial charge in [0.2, 0.25) is 0 Å². The van der Waals surface area contributed by atoms with Crippen molar-refractivity contribution < 1.29 is 9.53 Å². The fourth-order valence-corrected chi connectivity index (χ4v) is 1.99. The van der Waals surface area contributed by atoms with Crippen LogP contribution >= 0.6 is 0 Å². The van der Waals surface area contributed by atoms with Crippen LogP contribution in [0.4, 0.5) is 4.79 Å². The van der Waals surface area contributed by atoms with Gasteiger partial charge < -0.3 is 15.0 Å². The number of H-pyrrole nitrogens is 1. The Morgan fingerprint density at radius 2 is 1.95 bits per heavy atom. The molecule has 5 nitrogen and oxygen atoms in total. The minimum absolute atomic E-state index is 0.256. The van der Waals surface area contributed by atoms with Crippen LogP contribution in [-0.4, -0.2) is 29.5 Å². The molecule has 6 heteroatoms. The van der Waals surface area contributed by atoms with Crippen LogP contribution in [0.5, 0.6) is 0 Å². The van der Waals surface area contributed by atoms with Gasteiger partial charge in [0.1, 0.15) is 19.3 Å². The van der Waals surface area contributed by atoms with Crippen LogP contribution in [0.15, 0.2) is 30.5 Å². The van der Waals surface area contributed by atoms with E-state index in [2.05, 4.69) is 35.3 Å². The lowest BCUT2D eigenvalue weighted by Crippen LogP contribution is -2.34. The van der Waals surface area contributed by atoms with Gasteiger partial charge in [-0.2, -0.15) is 0 Å². The Bertz CT molecular complexity index is 644. The predicted molar refractivity (Wildman–Crippen MR) is 90.0 cm³/mol. The molecule has 0 fully saturated rings. The number of carbonyl (C=O) groups is 1. The molecule has 0 bridgehead atoms. The number of amides is 1. The second-order valence-electron chi connectivity index (χ2n) is 6.42. The summed E-state index contributed by atoms with van der Waals surface area (Å²) in [4.78, 5) is 19.4. The first-order chi connectivity index (χ1) is 10.2.